The first-order valence-corrected chi connectivity index (χ1v) is 13.1. The van der Waals surface area contributed by atoms with Gasteiger partial charge in [0.1, 0.15) is 6.54 Å². The summed E-state index contributed by atoms with van der Waals surface area (Å²) >= 11 is 12.5. The van der Waals surface area contributed by atoms with E-state index in [-0.39, 0.29) is 32.2 Å². The molecule has 0 aliphatic carbocycles. The smallest absolute Gasteiger partial charge is 0.264 e. The van der Waals surface area contributed by atoms with Crippen molar-refractivity contribution in [1.29, 1.82) is 0 Å². The third-order valence-electron chi connectivity index (χ3n) is 5.30. The summed E-state index contributed by atoms with van der Waals surface area (Å²) in [5, 5.41) is 2.83. The van der Waals surface area contributed by atoms with Crippen molar-refractivity contribution < 1.29 is 18.0 Å². The number of hydrogen-bond acceptors (Lipinski definition) is 4. The van der Waals surface area contributed by atoms with Gasteiger partial charge in [-0.15, -0.1) is 0 Å². The molecule has 0 saturated carbocycles. The fraction of sp³-hybridized carbons (Fsp3) is 0.200. The van der Waals surface area contributed by atoms with Crippen molar-refractivity contribution in [3.05, 3.63) is 88.4 Å². The third kappa shape index (κ3) is 5.96. The van der Waals surface area contributed by atoms with Gasteiger partial charge >= 0.3 is 0 Å². The van der Waals surface area contributed by atoms with Crippen molar-refractivity contribution in [2.45, 2.75) is 18.7 Å². The second kappa shape index (κ2) is 11.6. The van der Waals surface area contributed by atoms with Crippen LogP contribution in [0.25, 0.3) is 0 Å². The lowest BCUT2D eigenvalue weighted by Crippen LogP contribution is -2.38. The van der Waals surface area contributed by atoms with Crippen LogP contribution in [-0.2, 0) is 14.8 Å². The van der Waals surface area contributed by atoms with Gasteiger partial charge in [-0.3, -0.25) is 13.9 Å². The molecule has 0 radical (unpaired) electrons. The first-order chi connectivity index (χ1) is 16.7. The van der Waals surface area contributed by atoms with Crippen molar-refractivity contribution in [2.75, 3.05) is 29.3 Å². The summed E-state index contributed by atoms with van der Waals surface area (Å²) in [6.45, 7) is 4.15. The molecule has 0 fully saturated rings. The fourth-order valence-corrected chi connectivity index (χ4v) is 5.39. The molecule has 184 valence electrons. The van der Waals surface area contributed by atoms with Gasteiger partial charge in [0, 0.05) is 13.1 Å². The highest BCUT2D eigenvalue weighted by molar-refractivity contribution is 7.92. The van der Waals surface area contributed by atoms with E-state index in [9.17, 15) is 18.0 Å². The van der Waals surface area contributed by atoms with E-state index in [2.05, 4.69) is 5.32 Å². The predicted octanol–water partition coefficient (Wildman–Crippen LogP) is 5.31. The monoisotopic (exact) mass is 533 g/mol. The lowest BCUT2D eigenvalue weighted by molar-refractivity contribution is -0.114. The van der Waals surface area contributed by atoms with Gasteiger partial charge in [-0.1, -0.05) is 59.6 Å². The summed E-state index contributed by atoms with van der Waals surface area (Å²) in [5.74, 6) is -0.891. The van der Waals surface area contributed by atoms with Crippen LogP contribution < -0.4 is 9.62 Å². The zero-order valence-electron chi connectivity index (χ0n) is 19.2. The molecule has 0 aromatic heterocycles. The minimum absolute atomic E-state index is 0.00131. The van der Waals surface area contributed by atoms with Crippen LogP contribution in [0.4, 0.5) is 11.4 Å². The molecule has 0 unspecified atom stereocenters. The molecule has 1 N–H and O–H groups in total. The van der Waals surface area contributed by atoms with Crippen LogP contribution in [-0.4, -0.2) is 44.8 Å². The molecule has 3 aromatic rings. The maximum atomic E-state index is 13.5. The summed E-state index contributed by atoms with van der Waals surface area (Å²) in [7, 11) is -4.17. The number of anilines is 2. The molecule has 0 bridgehead atoms. The first-order valence-electron chi connectivity index (χ1n) is 10.9. The zero-order chi connectivity index (χ0) is 25.6. The molecule has 0 atom stereocenters. The quantitative estimate of drug-likeness (QED) is 0.403. The van der Waals surface area contributed by atoms with E-state index < -0.39 is 22.5 Å². The Balaban J connectivity index is 1.98. The summed E-state index contributed by atoms with van der Waals surface area (Å²) in [6, 6.07) is 18.8. The summed E-state index contributed by atoms with van der Waals surface area (Å²) in [6.07, 6.45) is 0. The summed E-state index contributed by atoms with van der Waals surface area (Å²) in [4.78, 5) is 27.7. The largest absolute Gasteiger partial charge is 0.339 e. The van der Waals surface area contributed by atoms with Crippen molar-refractivity contribution in [2.24, 2.45) is 0 Å². The number of hydrogen-bond donors (Lipinski definition) is 1. The van der Waals surface area contributed by atoms with Crippen LogP contribution in [0.1, 0.15) is 24.2 Å². The Labute approximate surface area is 215 Å². The van der Waals surface area contributed by atoms with E-state index >= 15 is 0 Å². The molecule has 0 heterocycles. The van der Waals surface area contributed by atoms with Gasteiger partial charge in [0.05, 0.1) is 31.9 Å². The average molecular weight is 534 g/mol. The molecule has 0 saturated heterocycles. The number of benzene rings is 3. The standard InChI is InChI=1S/C25H25Cl2N3O4S/c1-3-29(4-2)25(32)19-13-8-9-15-21(19)28-23(31)17-30(22-16-10-14-20(26)24(22)27)35(33,34)18-11-6-5-7-12-18/h5-16H,3-4,17H2,1-2H3,(H,28,31). The molecule has 10 heteroatoms. The normalized spacial score (nSPS) is 11.1. The number of nitrogens with one attached hydrogen (secondary N) is 1. The van der Waals surface area contributed by atoms with Gasteiger partial charge in [0.25, 0.3) is 15.9 Å². The average Bonchev–Trinajstić information content (AvgIpc) is 2.86. The number of rotatable bonds is 9. The minimum atomic E-state index is -4.17. The maximum absolute atomic E-state index is 13.5. The van der Waals surface area contributed by atoms with Gasteiger partial charge in [0.15, 0.2) is 0 Å². The Bertz CT molecular complexity index is 1310. The van der Waals surface area contributed by atoms with E-state index in [0.717, 1.165) is 4.31 Å². The van der Waals surface area contributed by atoms with Crippen molar-refractivity contribution in [3.8, 4) is 0 Å². The molecule has 0 aliphatic rings. The summed E-state index contributed by atoms with van der Waals surface area (Å²) in [5.41, 5.74) is 0.650. The second-order valence-electron chi connectivity index (χ2n) is 7.47. The van der Waals surface area contributed by atoms with E-state index in [1.54, 1.807) is 53.4 Å². The lowest BCUT2D eigenvalue weighted by atomic mass is 10.1. The Morgan fingerprint density at radius 3 is 2.14 bits per heavy atom. The van der Waals surface area contributed by atoms with E-state index in [0.29, 0.717) is 18.7 Å². The van der Waals surface area contributed by atoms with Crippen LogP contribution in [0.2, 0.25) is 10.0 Å². The van der Waals surface area contributed by atoms with E-state index in [1.165, 1.54) is 24.3 Å². The number of amides is 2. The minimum Gasteiger partial charge on any atom is -0.339 e. The van der Waals surface area contributed by atoms with E-state index in [4.69, 9.17) is 23.2 Å². The Morgan fingerprint density at radius 2 is 1.49 bits per heavy atom. The van der Waals surface area contributed by atoms with Crippen LogP contribution >= 0.6 is 23.2 Å². The number of carbonyl (C=O) groups excluding carboxylic acids is 2. The number of sulfonamides is 1. The number of para-hydroxylation sites is 1. The highest BCUT2D eigenvalue weighted by atomic mass is 35.5. The number of nitrogens with zero attached hydrogens (tertiary/aromatic N) is 2. The Hall–Kier alpha value is -3.07. The fourth-order valence-electron chi connectivity index (χ4n) is 3.48. The van der Waals surface area contributed by atoms with Gasteiger partial charge in [-0.05, 0) is 50.2 Å². The maximum Gasteiger partial charge on any atom is 0.264 e. The number of halogens is 2. The molecule has 3 aromatic carbocycles. The molecular weight excluding hydrogens is 509 g/mol. The van der Waals surface area contributed by atoms with Crippen molar-refractivity contribution >= 4 is 56.4 Å². The zero-order valence-corrected chi connectivity index (χ0v) is 21.6. The molecule has 0 aliphatic heterocycles. The van der Waals surface area contributed by atoms with Gasteiger partial charge < -0.3 is 10.2 Å². The van der Waals surface area contributed by atoms with Crippen LogP contribution in [0, 0.1) is 0 Å². The van der Waals surface area contributed by atoms with Gasteiger partial charge in [-0.2, -0.15) is 0 Å². The van der Waals surface area contributed by atoms with Crippen molar-refractivity contribution in [3.63, 3.8) is 0 Å². The highest BCUT2D eigenvalue weighted by Gasteiger charge is 2.29. The third-order valence-corrected chi connectivity index (χ3v) is 7.88. The van der Waals surface area contributed by atoms with Crippen LogP contribution in [0.15, 0.2) is 77.7 Å². The van der Waals surface area contributed by atoms with Gasteiger partial charge in [0.2, 0.25) is 5.91 Å². The second-order valence-corrected chi connectivity index (χ2v) is 10.1. The molecule has 3 rings (SSSR count). The molecule has 0 spiro atoms. The lowest BCUT2D eigenvalue weighted by Gasteiger charge is -2.26. The molecule has 35 heavy (non-hydrogen) atoms. The summed E-state index contributed by atoms with van der Waals surface area (Å²) < 4.78 is 27.9. The van der Waals surface area contributed by atoms with E-state index in [1.807, 2.05) is 13.8 Å². The number of carbonyl (C=O) groups is 2. The molecular formula is C25H25Cl2N3O4S. The Morgan fingerprint density at radius 1 is 0.857 bits per heavy atom. The van der Waals surface area contributed by atoms with Crippen LogP contribution in [0.5, 0.6) is 0 Å². The van der Waals surface area contributed by atoms with Gasteiger partial charge in [-0.25, -0.2) is 8.42 Å². The highest BCUT2D eigenvalue weighted by Crippen LogP contribution is 2.35. The van der Waals surface area contributed by atoms with Crippen molar-refractivity contribution in [1.82, 2.24) is 4.90 Å². The predicted molar refractivity (Wildman–Crippen MR) is 140 cm³/mol. The Kier molecular flexibility index (Phi) is 8.77. The first kappa shape index (κ1) is 26.5. The SMILES string of the molecule is CCN(CC)C(=O)c1ccccc1NC(=O)CN(c1cccc(Cl)c1Cl)S(=O)(=O)c1ccccc1. The molecule has 7 nitrogen and oxygen atoms in total. The van der Waals surface area contributed by atoms with Crippen LogP contribution in [0.3, 0.4) is 0 Å². The topological polar surface area (TPSA) is 86.8 Å². The molecule has 2 amide bonds.